The Labute approximate surface area is 55.7 Å². The van der Waals surface area contributed by atoms with E-state index < -0.39 is 0 Å². The molecule has 0 radical (unpaired) electrons. The van der Waals surface area contributed by atoms with Crippen molar-refractivity contribution in [1.82, 2.24) is 24.6 Å². The lowest BCUT2D eigenvalue weighted by atomic mass is 10.9. The van der Waals surface area contributed by atoms with Crippen LogP contribution in [0.5, 0.6) is 0 Å². The zero-order chi connectivity index (χ0) is 6.97. The maximum Gasteiger partial charge on any atom is 0.256 e. The molecule has 0 spiro atoms. The molecule has 2 rings (SSSR count). The number of anilines is 1. The first kappa shape index (κ1) is 5.10. The molecule has 0 aromatic carbocycles. The van der Waals surface area contributed by atoms with Crippen LogP contribution in [0.3, 0.4) is 0 Å². The minimum absolute atomic E-state index is 0.294. The lowest BCUT2D eigenvalue weighted by Crippen LogP contribution is -2.02. The van der Waals surface area contributed by atoms with E-state index >= 15 is 0 Å². The topological polar surface area (TPSA) is 82.0 Å². The number of nitrogens with zero attached hydrogens (tertiary/aromatic N) is 5. The molecule has 0 aliphatic rings. The van der Waals surface area contributed by atoms with E-state index in [9.17, 15) is 0 Å². The van der Waals surface area contributed by atoms with Gasteiger partial charge in [-0.25, -0.2) is 4.98 Å². The Morgan fingerprint density at radius 3 is 2.80 bits per heavy atom. The highest BCUT2D eigenvalue weighted by atomic mass is 15.4. The molecule has 0 bridgehead atoms. The zero-order valence-electron chi connectivity index (χ0n) is 4.97. The molecule has 0 saturated carbocycles. The molecular weight excluding hydrogens is 132 g/mol. The van der Waals surface area contributed by atoms with Crippen LogP contribution in [0.25, 0.3) is 5.78 Å². The summed E-state index contributed by atoms with van der Waals surface area (Å²) >= 11 is 0. The Balaban J connectivity index is 2.95. The maximum absolute atomic E-state index is 5.41. The van der Waals surface area contributed by atoms with Crippen LogP contribution in [0.1, 0.15) is 0 Å². The molecule has 2 aromatic rings. The first-order chi connectivity index (χ1) is 4.88. The fraction of sp³-hybridized carbons (Fsp3) is 0. The third-order valence-electron chi connectivity index (χ3n) is 1.11. The fourth-order valence-electron chi connectivity index (χ4n) is 0.679. The van der Waals surface area contributed by atoms with E-state index in [0.717, 1.165) is 0 Å². The van der Waals surface area contributed by atoms with Crippen molar-refractivity contribution in [2.75, 3.05) is 5.73 Å². The minimum Gasteiger partial charge on any atom is -0.368 e. The smallest absolute Gasteiger partial charge is 0.256 e. The van der Waals surface area contributed by atoms with Gasteiger partial charge in [0.15, 0.2) is 0 Å². The first-order valence-corrected chi connectivity index (χ1v) is 2.64. The van der Waals surface area contributed by atoms with Crippen molar-refractivity contribution in [3.05, 3.63) is 12.7 Å². The van der Waals surface area contributed by atoms with Gasteiger partial charge in [0.05, 0.1) is 0 Å². The quantitative estimate of drug-likeness (QED) is 0.507. The van der Waals surface area contributed by atoms with Gasteiger partial charge < -0.3 is 5.73 Å². The summed E-state index contributed by atoms with van der Waals surface area (Å²) in [6.45, 7) is 0. The number of fused-ring (bicyclic) bond motifs is 1. The first-order valence-electron chi connectivity index (χ1n) is 2.64. The number of hydrogen-bond acceptors (Lipinski definition) is 5. The molecule has 0 aliphatic heterocycles. The van der Waals surface area contributed by atoms with E-state index in [1.165, 1.54) is 17.2 Å². The van der Waals surface area contributed by atoms with Crippen LogP contribution in [0.4, 0.5) is 5.95 Å². The average Bonchev–Trinajstić information content (AvgIpc) is 2.36. The predicted octanol–water partition coefficient (Wildman–Crippen LogP) is -0.899. The van der Waals surface area contributed by atoms with E-state index in [1.807, 2.05) is 0 Å². The Morgan fingerprint density at radius 1 is 1.20 bits per heavy atom. The molecule has 0 saturated heterocycles. The Hall–Kier alpha value is -1.72. The van der Waals surface area contributed by atoms with Gasteiger partial charge in [0.2, 0.25) is 5.95 Å². The summed E-state index contributed by atoms with van der Waals surface area (Å²) in [7, 11) is 0. The number of aromatic nitrogens is 5. The minimum atomic E-state index is 0.294. The summed E-state index contributed by atoms with van der Waals surface area (Å²) in [5.74, 6) is 0.759. The molecule has 0 fully saturated rings. The highest BCUT2D eigenvalue weighted by Gasteiger charge is 1.97. The highest BCUT2D eigenvalue weighted by Crippen LogP contribution is 1.95. The molecule has 0 atom stereocenters. The lowest BCUT2D eigenvalue weighted by Gasteiger charge is -1.91. The number of nitrogen functional groups attached to an aromatic ring is 1. The van der Waals surface area contributed by atoms with Gasteiger partial charge in [0.25, 0.3) is 5.78 Å². The summed E-state index contributed by atoms with van der Waals surface area (Å²) in [4.78, 5) is 11.3. The van der Waals surface area contributed by atoms with E-state index in [4.69, 9.17) is 5.73 Å². The normalized spacial score (nSPS) is 10.4. The number of hydrogen-bond donors (Lipinski definition) is 1. The van der Waals surface area contributed by atoms with Crippen molar-refractivity contribution in [2.24, 2.45) is 0 Å². The molecule has 2 heterocycles. The van der Waals surface area contributed by atoms with Crippen molar-refractivity contribution in [1.29, 1.82) is 0 Å². The van der Waals surface area contributed by atoms with Crippen LogP contribution in [0.15, 0.2) is 12.7 Å². The van der Waals surface area contributed by atoms with Crippen molar-refractivity contribution in [3.63, 3.8) is 0 Å². The Morgan fingerprint density at radius 2 is 2.00 bits per heavy atom. The second-order valence-corrected chi connectivity index (χ2v) is 1.70. The van der Waals surface area contributed by atoms with Gasteiger partial charge in [0, 0.05) is 0 Å². The Kier molecular flexibility index (Phi) is 0.830. The van der Waals surface area contributed by atoms with Crippen LogP contribution in [-0.4, -0.2) is 24.6 Å². The van der Waals surface area contributed by atoms with E-state index in [-0.39, 0.29) is 0 Å². The number of nitrogens with two attached hydrogens (primary N) is 1. The second-order valence-electron chi connectivity index (χ2n) is 1.70. The van der Waals surface area contributed by atoms with E-state index in [1.54, 1.807) is 0 Å². The Bertz CT molecular complexity index is 351. The SMILES string of the molecule is Nc1ncnc2ncnn12. The largest absolute Gasteiger partial charge is 0.368 e. The van der Waals surface area contributed by atoms with Gasteiger partial charge in [-0.1, -0.05) is 0 Å². The van der Waals surface area contributed by atoms with Crippen LogP contribution in [0, 0.1) is 0 Å². The predicted molar refractivity (Wildman–Crippen MR) is 33.0 cm³/mol. The fourth-order valence-corrected chi connectivity index (χ4v) is 0.679. The van der Waals surface area contributed by atoms with Gasteiger partial charge in [-0.05, 0) is 0 Å². The van der Waals surface area contributed by atoms with Crippen molar-refractivity contribution in [3.8, 4) is 0 Å². The van der Waals surface area contributed by atoms with Gasteiger partial charge >= 0.3 is 0 Å². The van der Waals surface area contributed by atoms with E-state index in [0.29, 0.717) is 11.7 Å². The maximum atomic E-state index is 5.41. The molecule has 6 nitrogen and oxygen atoms in total. The van der Waals surface area contributed by atoms with Gasteiger partial charge in [-0.15, -0.1) is 0 Å². The summed E-state index contributed by atoms with van der Waals surface area (Å²) in [5, 5.41) is 3.77. The summed E-state index contributed by atoms with van der Waals surface area (Å²) in [6, 6.07) is 0. The second kappa shape index (κ2) is 1.63. The molecule has 50 valence electrons. The van der Waals surface area contributed by atoms with Gasteiger partial charge in [-0.3, -0.25) is 0 Å². The molecule has 6 heteroatoms. The molecule has 0 unspecified atom stereocenters. The third kappa shape index (κ3) is 0.524. The standard InChI is InChI=1S/C4H4N6/c5-3-6-1-7-4-8-2-9-10(3)4/h1-2H,(H2,5,6,7,8,9). The van der Waals surface area contributed by atoms with Crippen molar-refractivity contribution >= 4 is 11.7 Å². The highest BCUT2D eigenvalue weighted by molar-refractivity contribution is 5.31. The molecular formula is C4H4N6. The molecule has 10 heavy (non-hydrogen) atoms. The molecule has 0 amide bonds. The summed E-state index contributed by atoms with van der Waals surface area (Å²) < 4.78 is 1.36. The molecule has 2 N–H and O–H groups in total. The van der Waals surface area contributed by atoms with Crippen LogP contribution >= 0.6 is 0 Å². The monoisotopic (exact) mass is 136 g/mol. The van der Waals surface area contributed by atoms with Gasteiger partial charge in [-0.2, -0.15) is 19.6 Å². The van der Waals surface area contributed by atoms with Crippen molar-refractivity contribution < 1.29 is 0 Å². The van der Waals surface area contributed by atoms with Crippen LogP contribution in [0.2, 0.25) is 0 Å². The van der Waals surface area contributed by atoms with Gasteiger partial charge in [0.1, 0.15) is 12.7 Å². The lowest BCUT2D eigenvalue weighted by molar-refractivity contribution is 0.908. The third-order valence-corrected chi connectivity index (χ3v) is 1.11. The number of rotatable bonds is 0. The van der Waals surface area contributed by atoms with Crippen molar-refractivity contribution in [2.45, 2.75) is 0 Å². The van der Waals surface area contributed by atoms with Crippen LogP contribution in [-0.2, 0) is 0 Å². The zero-order valence-corrected chi connectivity index (χ0v) is 4.97. The molecule has 2 aromatic heterocycles. The average molecular weight is 136 g/mol. The van der Waals surface area contributed by atoms with E-state index in [2.05, 4.69) is 20.1 Å². The summed E-state index contributed by atoms with van der Waals surface area (Å²) in [6.07, 6.45) is 2.72. The molecule has 0 aliphatic carbocycles. The van der Waals surface area contributed by atoms with Crippen LogP contribution < -0.4 is 5.73 Å². The summed E-state index contributed by atoms with van der Waals surface area (Å²) in [5.41, 5.74) is 5.41.